The third kappa shape index (κ3) is 3.20. The van der Waals surface area contributed by atoms with Crippen LogP contribution >= 0.6 is 27.5 Å². The number of allylic oxidation sites excluding steroid dienone is 1. The topological polar surface area (TPSA) is 17.1 Å². The minimum atomic E-state index is -0.460. The Morgan fingerprint density at radius 2 is 1.92 bits per heavy atom. The zero-order valence-electron chi connectivity index (χ0n) is 6.13. The molecule has 0 radical (unpaired) electrons. The molecule has 1 rings (SSSR count). The lowest BCUT2D eigenvalue weighted by atomic mass is 10.2. The predicted octanol–water partition coefficient (Wildman–Crippen LogP) is 3.23. The first kappa shape index (κ1) is 9.49. The molecule has 0 N–H and O–H groups in total. The fourth-order valence-electron chi connectivity index (χ4n) is 0.736. The number of rotatable bonds is 2. The molecule has 0 aliphatic heterocycles. The van der Waals surface area contributed by atoms with Crippen LogP contribution in [0.2, 0.25) is 0 Å². The van der Waals surface area contributed by atoms with Crippen LogP contribution in [0.25, 0.3) is 6.08 Å². The summed E-state index contributed by atoms with van der Waals surface area (Å²) in [5.41, 5.74) is 0.951. The maximum atomic E-state index is 10.4. The second-order valence-electron chi connectivity index (χ2n) is 2.19. The zero-order valence-corrected chi connectivity index (χ0v) is 8.47. The Balaban J connectivity index is 2.77. The largest absolute Gasteiger partial charge is 0.276 e. The van der Waals surface area contributed by atoms with Crippen molar-refractivity contribution < 1.29 is 4.79 Å². The van der Waals surface area contributed by atoms with Gasteiger partial charge in [0.15, 0.2) is 0 Å². The Bertz CT molecular complexity index is 303. The molecule has 0 heterocycles. The number of carbonyl (C=O) groups excluding carboxylic acids is 1. The fourth-order valence-corrected chi connectivity index (χ4v) is 1.06. The van der Waals surface area contributed by atoms with Gasteiger partial charge in [-0.2, -0.15) is 0 Å². The summed E-state index contributed by atoms with van der Waals surface area (Å²) in [4.78, 5) is 10.4. The van der Waals surface area contributed by atoms with E-state index in [4.69, 9.17) is 11.6 Å². The van der Waals surface area contributed by atoms with Gasteiger partial charge in [-0.1, -0.05) is 34.1 Å². The van der Waals surface area contributed by atoms with Crippen LogP contribution in [0.1, 0.15) is 5.56 Å². The molecule has 1 aromatic rings. The lowest BCUT2D eigenvalue weighted by Crippen LogP contribution is -1.75. The van der Waals surface area contributed by atoms with Gasteiger partial charge in [0.2, 0.25) is 5.24 Å². The summed E-state index contributed by atoms with van der Waals surface area (Å²) in [5, 5.41) is -0.460. The molecule has 0 amide bonds. The smallest absolute Gasteiger partial charge is 0.245 e. The molecule has 12 heavy (non-hydrogen) atoms. The van der Waals surface area contributed by atoms with Crippen molar-refractivity contribution in [3.05, 3.63) is 40.4 Å². The van der Waals surface area contributed by atoms with E-state index < -0.39 is 5.24 Å². The van der Waals surface area contributed by atoms with Gasteiger partial charge >= 0.3 is 0 Å². The SMILES string of the molecule is O=C(Cl)C=Cc1ccc(Br)cc1. The van der Waals surface area contributed by atoms with Crippen LogP contribution in [-0.2, 0) is 4.79 Å². The highest BCUT2D eigenvalue weighted by molar-refractivity contribution is 9.10. The van der Waals surface area contributed by atoms with E-state index >= 15 is 0 Å². The fraction of sp³-hybridized carbons (Fsp3) is 0. The highest BCUT2D eigenvalue weighted by atomic mass is 79.9. The molecule has 0 aliphatic carbocycles. The van der Waals surface area contributed by atoms with E-state index in [9.17, 15) is 4.79 Å². The standard InChI is InChI=1S/C9H6BrClO/c10-8-4-1-7(2-5-8)3-6-9(11)12/h1-6H. The van der Waals surface area contributed by atoms with Crippen molar-refractivity contribution in [1.82, 2.24) is 0 Å². The maximum absolute atomic E-state index is 10.4. The summed E-state index contributed by atoms with van der Waals surface area (Å²) in [6.07, 6.45) is 2.99. The van der Waals surface area contributed by atoms with Crippen LogP contribution in [0.5, 0.6) is 0 Å². The second kappa shape index (κ2) is 4.43. The van der Waals surface area contributed by atoms with Gasteiger partial charge in [-0.15, -0.1) is 0 Å². The van der Waals surface area contributed by atoms with Crippen molar-refractivity contribution in [2.24, 2.45) is 0 Å². The summed E-state index contributed by atoms with van der Waals surface area (Å²) in [7, 11) is 0. The summed E-state index contributed by atoms with van der Waals surface area (Å²) < 4.78 is 1.01. The first-order valence-electron chi connectivity index (χ1n) is 3.31. The predicted molar refractivity (Wildman–Crippen MR) is 54.0 cm³/mol. The van der Waals surface area contributed by atoms with Gasteiger partial charge in [0.1, 0.15) is 0 Å². The van der Waals surface area contributed by atoms with Crippen molar-refractivity contribution in [1.29, 1.82) is 0 Å². The molecule has 0 spiro atoms. The molecule has 0 saturated carbocycles. The molecule has 0 bridgehead atoms. The van der Waals surface area contributed by atoms with Crippen LogP contribution < -0.4 is 0 Å². The molecule has 1 aromatic carbocycles. The molecule has 0 fully saturated rings. The molecule has 1 nitrogen and oxygen atoms in total. The van der Waals surface area contributed by atoms with E-state index in [1.54, 1.807) is 6.08 Å². The second-order valence-corrected chi connectivity index (χ2v) is 3.48. The minimum Gasteiger partial charge on any atom is -0.276 e. The Hall–Kier alpha value is -0.600. The van der Waals surface area contributed by atoms with Crippen LogP contribution in [-0.4, -0.2) is 5.24 Å². The summed E-state index contributed by atoms with van der Waals surface area (Å²) >= 11 is 8.43. The lowest BCUT2D eigenvalue weighted by Gasteiger charge is -1.91. The Kier molecular flexibility index (Phi) is 3.50. The summed E-state index contributed by atoms with van der Waals surface area (Å²) in [5.74, 6) is 0. The van der Waals surface area contributed by atoms with Gasteiger partial charge in [0.05, 0.1) is 0 Å². The number of hydrogen-bond acceptors (Lipinski definition) is 1. The van der Waals surface area contributed by atoms with E-state index in [0.717, 1.165) is 10.0 Å². The van der Waals surface area contributed by atoms with E-state index in [1.165, 1.54) is 6.08 Å². The third-order valence-electron chi connectivity index (χ3n) is 1.28. The normalized spacial score (nSPS) is 10.5. The van der Waals surface area contributed by atoms with Gasteiger partial charge < -0.3 is 0 Å². The molecule has 0 atom stereocenters. The van der Waals surface area contributed by atoms with Crippen LogP contribution in [0, 0.1) is 0 Å². The van der Waals surface area contributed by atoms with Crippen molar-refractivity contribution in [3.63, 3.8) is 0 Å². The van der Waals surface area contributed by atoms with E-state index in [-0.39, 0.29) is 0 Å². The van der Waals surface area contributed by atoms with Crippen LogP contribution in [0.4, 0.5) is 0 Å². The zero-order chi connectivity index (χ0) is 8.97. The minimum absolute atomic E-state index is 0.460. The Morgan fingerprint density at radius 1 is 1.33 bits per heavy atom. The molecule has 0 aliphatic rings. The molecule has 0 saturated heterocycles. The van der Waals surface area contributed by atoms with Crippen molar-refractivity contribution in [3.8, 4) is 0 Å². The quantitative estimate of drug-likeness (QED) is 0.577. The van der Waals surface area contributed by atoms with E-state index in [0.29, 0.717) is 0 Å². The first-order chi connectivity index (χ1) is 5.68. The molecule has 3 heteroatoms. The van der Waals surface area contributed by atoms with Crippen molar-refractivity contribution >= 4 is 38.8 Å². The van der Waals surface area contributed by atoms with E-state index in [2.05, 4.69) is 15.9 Å². The van der Waals surface area contributed by atoms with E-state index in [1.807, 2.05) is 24.3 Å². The number of hydrogen-bond donors (Lipinski definition) is 0. The highest BCUT2D eigenvalue weighted by Gasteiger charge is 1.88. The van der Waals surface area contributed by atoms with Crippen LogP contribution in [0.3, 0.4) is 0 Å². The third-order valence-corrected chi connectivity index (χ3v) is 1.93. The first-order valence-corrected chi connectivity index (χ1v) is 4.49. The van der Waals surface area contributed by atoms with Crippen LogP contribution in [0.15, 0.2) is 34.8 Å². The lowest BCUT2D eigenvalue weighted by molar-refractivity contribution is -0.107. The maximum Gasteiger partial charge on any atom is 0.245 e. The average Bonchev–Trinajstić information content (AvgIpc) is 2.03. The molecule has 62 valence electrons. The molecule has 0 aromatic heterocycles. The summed E-state index contributed by atoms with van der Waals surface area (Å²) in [6, 6.07) is 7.58. The number of halogens is 2. The number of benzene rings is 1. The Labute approximate surface area is 84.2 Å². The van der Waals surface area contributed by atoms with Crippen molar-refractivity contribution in [2.75, 3.05) is 0 Å². The monoisotopic (exact) mass is 244 g/mol. The van der Waals surface area contributed by atoms with Gasteiger partial charge in [-0.3, -0.25) is 4.79 Å². The van der Waals surface area contributed by atoms with Gasteiger partial charge in [-0.05, 0) is 35.4 Å². The van der Waals surface area contributed by atoms with Gasteiger partial charge in [0, 0.05) is 4.47 Å². The number of carbonyl (C=O) groups is 1. The Morgan fingerprint density at radius 3 is 2.42 bits per heavy atom. The highest BCUT2D eigenvalue weighted by Crippen LogP contribution is 2.11. The summed E-state index contributed by atoms with van der Waals surface area (Å²) in [6.45, 7) is 0. The van der Waals surface area contributed by atoms with Crippen molar-refractivity contribution in [2.45, 2.75) is 0 Å². The molecule has 0 unspecified atom stereocenters. The molecular weight excluding hydrogens is 239 g/mol. The van der Waals surface area contributed by atoms with Gasteiger partial charge in [0.25, 0.3) is 0 Å². The average molecular weight is 246 g/mol. The van der Waals surface area contributed by atoms with Gasteiger partial charge in [-0.25, -0.2) is 0 Å². The molecular formula is C9H6BrClO.